The maximum absolute atomic E-state index is 13.2. The van der Waals surface area contributed by atoms with Gasteiger partial charge in [0.05, 0.1) is 27.8 Å². The van der Waals surface area contributed by atoms with Gasteiger partial charge in [-0.1, -0.05) is 17.7 Å². The Hall–Kier alpha value is -3.34. The Morgan fingerprint density at radius 3 is 2.35 bits per heavy atom. The standard InChI is InChI=1S/C26H26ClFN6O2S/c1-17(2)33-9-11-34(12-10-33)25-16-29-23-13-18(3-8-22(23)31-25)19-14-24(26(27)30-15-19)32-37(35,36)21-6-4-20(28)5-7-21/h3-8,13-17,32H,9-12H2,1-2H3. The van der Waals surface area contributed by atoms with Gasteiger partial charge in [-0.3, -0.25) is 14.6 Å². The average Bonchev–Trinajstić information content (AvgIpc) is 2.89. The monoisotopic (exact) mass is 540 g/mol. The van der Waals surface area contributed by atoms with Crippen LogP contribution in [0.1, 0.15) is 13.8 Å². The van der Waals surface area contributed by atoms with Gasteiger partial charge >= 0.3 is 0 Å². The fourth-order valence-corrected chi connectivity index (χ4v) is 5.56. The molecule has 2 aromatic heterocycles. The van der Waals surface area contributed by atoms with Crippen LogP contribution in [-0.2, 0) is 10.0 Å². The Bertz CT molecular complexity index is 1540. The SMILES string of the molecule is CC(C)N1CCN(c2cnc3cc(-c4cnc(Cl)c(NS(=O)(=O)c5ccc(F)cc5)c4)ccc3n2)CC1. The molecule has 8 nitrogen and oxygen atoms in total. The number of pyridine rings is 1. The lowest BCUT2D eigenvalue weighted by atomic mass is 10.1. The molecule has 192 valence electrons. The number of anilines is 2. The quantitative estimate of drug-likeness (QED) is 0.351. The highest BCUT2D eigenvalue weighted by atomic mass is 35.5. The summed E-state index contributed by atoms with van der Waals surface area (Å²) in [7, 11) is -3.98. The topological polar surface area (TPSA) is 91.3 Å². The lowest BCUT2D eigenvalue weighted by molar-refractivity contribution is 0.209. The summed E-state index contributed by atoms with van der Waals surface area (Å²) in [5.41, 5.74) is 3.04. The molecule has 3 heterocycles. The molecule has 5 rings (SSSR count). The molecule has 0 aliphatic carbocycles. The van der Waals surface area contributed by atoms with Gasteiger partial charge < -0.3 is 4.90 Å². The summed E-state index contributed by atoms with van der Waals surface area (Å²) in [6.07, 6.45) is 3.36. The van der Waals surface area contributed by atoms with Crippen LogP contribution in [0.25, 0.3) is 22.2 Å². The summed E-state index contributed by atoms with van der Waals surface area (Å²) in [6.45, 7) is 8.22. The van der Waals surface area contributed by atoms with Crippen LogP contribution in [0.5, 0.6) is 0 Å². The third-order valence-corrected chi connectivity index (χ3v) is 8.12. The highest BCUT2D eigenvalue weighted by molar-refractivity contribution is 7.92. The van der Waals surface area contributed by atoms with Crippen LogP contribution in [0, 0.1) is 5.82 Å². The maximum atomic E-state index is 13.2. The largest absolute Gasteiger partial charge is 0.353 e. The van der Waals surface area contributed by atoms with Crippen molar-refractivity contribution in [2.45, 2.75) is 24.8 Å². The van der Waals surface area contributed by atoms with E-state index in [0.717, 1.165) is 55.2 Å². The number of rotatable bonds is 6. The van der Waals surface area contributed by atoms with Crippen LogP contribution in [-0.4, -0.2) is 60.5 Å². The molecular formula is C26H26ClFN6O2S. The molecule has 1 fully saturated rings. The second kappa shape index (κ2) is 10.2. The van der Waals surface area contributed by atoms with E-state index in [4.69, 9.17) is 16.6 Å². The Kier molecular flexibility index (Phi) is 6.98. The lowest BCUT2D eigenvalue weighted by Gasteiger charge is -2.37. The number of hydrogen-bond acceptors (Lipinski definition) is 7. The molecule has 4 aromatic rings. The van der Waals surface area contributed by atoms with Crippen molar-refractivity contribution in [2.75, 3.05) is 35.8 Å². The molecule has 11 heteroatoms. The highest BCUT2D eigenvalue weighted by Crippen LogP contribution is 2.30. The van der Waals surface area contributed by atoms with E-state index in [2.05, 4.69) is 38.3 Å². The van der Waals surface area contributed by atoms with Crippen molar-refractivity contribution < 1.29 is 12.8 Å². The Morgan fingerprint density at radius 1 is 0.919 bits per heavy atom. The fourth-order valence-electron chi connectivity index (χ4n) is 4.30. The van der Waals surface area contributed by atoms with Crippen LogP contribution in [0.3, 0.4) is 0 Å². The molecule has 0 atom stereocenters. The Morgan fingerprint density at radius 2 is 1.65 bits per heavy atom. The third kappa shape index (κ3) is 5.51. The fraction of sp³-hybridized carbons (Fsp3) is 0.269. The first-order chi connectivity index (χ1) is 17.7. The summed E-state index contributed by atoms with van der Waals surface area (Å²) in [5, 5.41) is -0.00257. The molecule has 2 aromatic carbocycles. The van der Waals surface area contributed by atoms with Gasteiger partial charge in [0.2, 0.25) is 0 Å². The van der Waals surface area contributed by atoms with Crippen molar-refractivity contribution in [3.8, 4) is 11.1 Å². The Labute approximate surface area is 220 Å². The van der Waals surface area contributed by atoms with E-state index >= 15 is 0 Å². The molecular weight excluding hydrogens is 515 g/mol. The number of sulfonamides is 1. The number of nitrogens with one attached hydrogen (secondary N) is 1. The van der Waals surface area contributed by atoms with Gasteiger partial charge in [0.25, 0.3) is 10.0 Å². The first-order valence-electron chi connectivity index (χ1n) is 11.9. The molecule has 37 heavy (non-hydrogen) atoms. The summed E-state index contributed by atoms with van der Waals surface area (Å²) in [5.74, 6) is 0.329. The van der Waals surface area contributed by atoms with Crippen LogP contribution in [0.4, 0.5) is 15.9 Å². The zero-order valence-corrected chi connectivity index (χ0v) is 22.0. The minimum absolute atomic E-state index is 0.00257. The van der Waals surface area contributed by atoms with Crippen molar-refractivity contribution >= 4 is 44.2 Å². The first kappa shape index (κ1) is 25.3. The number of halogens is 2. The smallest absolute Gasteiger partial charge is 0.261 e. The predicted octanol–water partition coefficient (Wildman–Crippen LogP) is 4.82. The number of nitrogens with zero attached hydrogens (tertiary/aromatic N) is 5. The number of aromatic nitrogens is 3. The van der Waals surface area contributed by atoms with Gasteiger partial charge in [-0.25, -0.2) is 22.8 Å². The normalized spacial score (nSPS) is 14.9. The molecule has 0 amide bonds. The molecule has 1 aliphatic heterocycles. The molecule has 1 saturated heterocycles. The summed E-state index contributed by atoms with van der Waals surface area (Å²) in [6, 6.07) is 12.3. The van der Waals surface area contributed by atoms with E-state index in [0.29, 0.717) is 17.1 Å². The van der Waals surface area contributed by atoms with Crippen molar-refractivity contribution in [1.82, 2.24) is 19.9 Å². The second-order valence-corrected chi connectivity index (χ2v) is 11.2. The number of hydrogen-bond donors (Lipinski definition) is 1. The van der Waals surface area contributed by atoms with Crippen LogP contribution >= 0.6 is 11.6 Å². The molecule has 0 unspecified atom stereocenters. The molecule has 1 aliphatic rings. The molecule has 0 saturated carbocycles. The van der Waals surface area contributed by atoms with E-state index in [-0.39, 0.29) is 15.7 Å². The second-order valence-electron chi connectivity index (χ2n) is 9.17. The van der Waals surface area contributed by atoms with Crippen LogP contribution in [0.2, 0.25) is 5.15 Å². The minimum atomic E-state index is -3.98. The summed E-state index contributed by atoms with van der Waals surface area (Å²) in [4.78, 5) is 18.2. The number of fused-ring (bicyclic) bond motifs is 1. The number of benzene rings is 2. The van der Waals surface area contributed by atoms with Crippen LogP contribution in [0.15, 0.2) is 65.8 Å². The van der Waals surface area contributed by atoms with E-state index in [1.165, 1.54) is 12.1 Å². The zero-order chi connectivity index (χ0) is 26.2. The maximum Gasteiger partial charge on any atom is 0.261 e. The molecule has 0 radical (unpaired) electrons. The lowest BCUT2D eigenvalue weighted by Crippen LogP contribution is -2.49. The van der Waals surface area contributed by atoms with Gasteiger partial charge in [-0.05, 0) is 61.9 Å². The van der Waals surface area contributed by atoms with E-state index in [1.807, 2.05) is 18.2 Å². The highest BCUT2D eigenvalue weighted by Gasteiger charge is 2.21. The van der Waals surface area contributed by atoms with E-state index in [1.54, 1.807) is 18.5 Å². The summed E-state index contributed by atoms with van der Waals surface area (Å²) >= 11 is 6.19. The first-order valence-corrected chi connectivity index (χ1v) is 13.8. The molecule has 0 spiro atoms. The number of piperazine rings is 1. The summed E-state index contributed by atoms with van der Waals surface area (Å²) < 4.78 is 41.2. The van der Waals surface area contributed by atoms with E-state index < -0.39 is 15.8 Å². The molecule has 0 bridgehead atoms. The third-order valence-electron chi connectivity index (χ3n) is 6.44. The van der Waals surface area contributed by atoms with Gasteiger partial charge in [0.15, 0.2) is 5.15 Å². The van der Waals surface area contributed by atoms with Gasteiger partial charge in [-0.2, -0.15) is 0 Å². The van der Waals surface area contributed by atoms with Crippen molar-refractivity contribution in [2.24, 2.45) is 0 Å². The van der Waals surface area contributed by atoms with Crippen molar-refractivity contribution in [1.29, 1.82) is 0 Å². The van der Waals surface area contributed by atoms with E-state index in [9.17, 15) is 12.8 Å². The predicted molar refractivity (Wildman–Crippen MR) is 144 cm³/mol. The minimum Gasteiger partial charge on any atom is -0.353 e. The van der Waals surface area contributed by atoms with Crippen LogP contribution < -0.4 is 9.62 Å². The molecule has 1 N–H and O–H groups in total. The van der Waals surface area contributed by atoms with Gasteiger partial charge in [0, 0.05) is 44.0 Å². The average molecular weight is 541 g/mol. The van der Waals surface area contributed by atoms with Gasteiger partial charge in [0.1, 0.15) is 11.6 Å². The van der Waals surface area contributed by atoms with Crippen molar-refractivity contribution in [3.63, 3.8) is 0 Å². The zero-order valence-electron chi connectivity index (χ0n) is 20.4. The van der Waals surface area contributed by atoms with Gasteiger partial charge in [-0.15, -0.1) is 0 Å². The Balaban J connectivity index is 1.38. The van der Waals surface area contributed by atoms with Crippen molar-refractivity contribution in [3.05, 3.63) is 71.9 Å².